The van der Waals surface area contributed by atoms with Gasteiger partial charge in [0.15, 0.2) is 16.4 Å². The molecule has 0 N–H and O–H groups in total. The van der Waals surface area contributed by atoms with E-state index < -0.39 is 10.9 Å². The molecule has 1 aliphatic heterocycles. The molecule has 0 aliphatic carbocycles. The van der Waals surface area contributed by atoms with E-state index in [0.717, 1.165) is 26.2 Å². The van der Waals surface area contributed by atoms with Crippen molar-refractivity contribution in [2.75, 3.05) is 6.61 Å². The monoisotopic (exact) mass is 349 g/mol. The summed E-state index contributed by atoms with van der Waals surface area (Å²) in [4.78, 5) is 15.6. The molecule has 0 saturated carbocycles. The van der Waals surface area contributed by atoms with E-state index >= 15 is 0 Å². The van der Waals surface area contributed by atoms with Gasteiger partial charge in [-0.2, -0.15) is 0 Å². The molecular weight excluding hydrogens is 332 g/mol. The second-order valence-corrected chi connectivity index (χ2v) is 7.45. The number of ether oxygens (including phenoxy) is 2. The first-order chi connectivity index (χ1) is 12.3. The molecule has 3 aromatic rings. The lowest BCUT2D eigenvalue weighted by atomic mass is 10.2. The first-order valence-corrected chi connectivity index (χ1v) is 9.38. The van der Waals surface area contributed by atoms with Gasteiger partial charge in [-0.3, -0.25) is 0 Å². The molecule has 4 rings (SSSR count). The molecule has 0 fully saturated rings. The summed E-state index contributed by atoms with van der Waals surface area (Å²) in [6.45, 7) is 2.18. The third kappa shape index (κ3) is 2.79. The third-order valence-electron chi connectivity index (χ3n) is 3.96. The van der Waals surface area contributed by atoms with Crippen molar-refractivity contribution < 1.29 is 14.3 Å². The number of hydrogen-bond donors (Lipinski definition) is 0. The number of hydrogen-bond acceptors (Lipinski definition) is 3. The lowest BCUT2D eigenvalue weighted by Crippen LogP contribution is -2.16. The fourth-order valence-electron chi connectivity index (χ4n) is 2.90. The van der Waals surface area contributed by atoms with E-state index in [9.17, 15) is 4.79 Å². The number of esters is 1. The predicted octanol–water partition coefficient (Wildman–Crippen LogP) is 5.06. The minimum absolute atomic E-state index is 0.285. The van der Waals surface area contributed by atoms with Crippen LogP contribution in [0.1, 0.15) is 17.3 Å². The Hall–Kier alpha value is -2.72. The van der Waals surface area contributed by atoms with Crippen molar-refractivity contribution in [2.24, 2.45) is 0 Å². The van der Waals surface area contributed by atoms with Crippen molar-refractivity contribution in [1.82, 2.24) is 0 Å². The summed E-state index contributed by atoms with van der Waals surface area (Å²) in [5.41, 5.74) is 0.610. The fourth-order valence-corrected chi connectivity index (χ4v) is 5.25. The van der Waals surface area contributed by atoms with E-state index in [-0.39, 0.29) is 5.97 Å². The average molecular weight is 349 g/mol. The lowest BCUT2D eigenvalue weighted by Gasteiger charge is -2.20. The molecule has 1 aliphatic rings. The second kappa shape index (κ2) is 6.65. The van der Waals surface area contributed by atoms with Gasteiger partial charge in [-0.1, -0.05) is 36.4 Å². The highest BCUT2D eigenvalue weighted by Crippen LogP contribution is 2.47. The van der Waals surface area contributed by atoms with Crippen LogP contribution in [0.15, 0.2) is 87.5 Å². The highest BCUT2D eigenvalue weighted by Gasteiger charge is 2.41. The molecule has 4 heteroatoms. The van der Waals surface area contributed by atoms with Crippen LogP contribution in [0.4, 0.5) is 0 Å². The van der Waals surface area contributed by atoms with E-state index in [0.29, 0.717) is 12.2 Å². The topological polar surface area (TPSA) is 35.5 Å². The highest BCUT2D eigenvalue weighted by atomic mass is 32.2. The van der Waals surface area contributed by atoms with Crippen LogP contribution in [-0.2, 0) is 15.6 Å². The normalized spacial score (nSPS) is 12.7. The van der Waals surface area contributed by atoms with Crippen LogP contribution in [0, 0.1) is 0 Å². The van der Waals surface area contributed by atoms with Crippen LogP contribution < -0.4 is 4.74 Å². The van der Waals surface area contributed by atoms with Gasteiger partial charge in [0.2, 0.25) is 9.79 Å². The molecule has 0 aromatic heterocycles. The van der Waals surface area contributed by atoms with Gasteiger partial charge >= 0.3 is 5.97 Å². The molecule has 0 atom stereocenters. The minimum atomic E-state index is -0.419. The fraction of sp³-hybridized carbons (Fsp3) is 0.0952. The van der Waals surface area contributed by atoms with Crippen molar-refractivity contribution in [3.63, 3.8) is 0 Å². The molecule has 0 amide bonds. The summed E-state index contributed by atoms with van der Waals surface area (Å²) in [6.07, 6.45) is 0. The standard InChI is InChI=1S/C21H17O3S/c1-2-23-21(22)15-9-3-6-12-18(15)25-19-13-7-4-10-16(19)24-17-11-5-8-14-20(17)25/h3-14H,2H2,1H3/q+1. The molecule has 25 heavy (non-hydrogen) atoms. The summed E-state index contributed by atoms with van der Waals surface area (Å²) < 4.78 is 11.3. The zero-order valence-corrected chi connectivity index (χ0v) is 14.6. The number of carbonyl (C=O) groups is 1. The molecule has 0 saturated heterocycles. The van der Waals surface area contributed by atoms with Crippen molar-refractivity contribution in [3.05, 3.63) is 78.4 Å². The van der Waals surface area contributed by atoms with Gasteiger partial charge < -0.3 is 9.47 Å². The number of fused-ring (bicyclic) bond motifs is 2. The van der Waals surface area contributed by atoms with Gasteiger partial charge in [0, 0.05) is 0 Å². The summed E-state index contributed by atoms with van der Waals surface area (Å²) in [6, 6.07) is 23.7. The van der Waals surface area contributed by atoms with Crippen LogP contribution >= 0.6 is 0 Å². The number of rotatable bonds is 3. The van der Waals surface area contributed by atoms with Crippen molar-refractivity contribution in [2.45, 2.75) is 21.6 Å². The maximum atomic E-state index is 12.5. The van der Waals surface area contributed by atoms with Gasteiger partial charge in [-0.25, -0.2) is 4.79 Å². The first kappa shape index (κ1) is 15.8. The van der Waals surface area contributed by atoms with Gasteiger partial charge in [0.25, 0.3) is 0 Å². The van der Waals surface area contributed by atoms with Crippen molar-refractivity contribution >= 4 is 16.9 Å². The maximum absolute atomic E-state index is 12.5. The molecule has 0 unspecified atom stereocenters. The minimum Gasteiger partial charge on any atom is -0.462 e. The quantitative estimate of drug-likeness (QED) is 0.383. The Morgan fingerprint density at radius 1 is 0.840 bits per heavy atom. The zero-order chi connectivity index (χ0) is 17.2. The first-order valence-electron chi connectivity index (χ1n) is 8.16. The molecular formula is C21H17O3S+. The van der Waals surface area contributed by atoms with Crippen molar-refractivity contribution in [1.29, 1.82) is 0 Å². The molecule has 3 nitrogen and oxygen atoms in total. The summed E-state index contributed by atoms with van der Waals surface area (Å²) in [5.74, 6) is 1.39. The van der Waals surface area contributed by atoms with Crippen molar-refractivity contribution in [3.8, 4) is 11.5 Å². The van der Waals surface area contributed by atoms with Crippen LogP contribution in [-0.4, -0.2) is 12.6 Å². The second-order valence-electron chi connectivity index (χ2n) is 5.52. The van der Waals surface area contributed by atoms with E-state index in [2.05, 4.69) is 12.1 Å². The average Bonchev–Trinajstić information content (AvgIpc) is 2.66. The Morgan fingerprint density at radius 2 is 1.36 bits per heavy atom. The van der Waals surface area contributed by atoms with E-state index in [1.54, 1.807) is 0 Å². The molecule has 124 valence electrons. The van der Waals surface area contributed by atoms with Crippen LogP contribution in [0.5, 0.6) is 11.5 Å². The SMILES string of the molecule is CCOC(=O)c1ccccc1[S+]1c2ccccc2Oc2ccccc21. The maximum Gasteiger partial charge on any atom is 0.343 e. The van der Waals surface area contributed by atoms with Crippen LogP contribution in [0.2, 0.25) is 0 Å². The Labute approximate surface area is 149 Å². The van der Waals surface area contributed by atoms with Gasteiger partial charge in [0.05, 0.1) is 6.61 Å². The molecule has 0 bridgehead atoms. The predicted molar refractivity (Wildman–Crippen MR) is 97.5 cm³/mol. The van der Waals surface area contributed by atoms with E-state index in [1.165, 1.54) is 0 Å². The Morgan fingerprint density at radius 3 is 1.96 bits per heavy atom. The third-order valence-corrected chi connectivity index (χ3v) is 6.31. The smallest absolute Gasteiger partial charge is 0.343 e. The molecule has 1 heterocycles. The Bertz CT molecular complexity index is 890. The highest BCUT2D eigenvalue weighted by molar-refractivity contribution is 7.97. The van der Waals surface area contributed by atoms with E-state index in [1.807, 2.05) is 67.6 Å². The largest absolute Gasteiger partial charge is 0.462 e. The van der Waals surface area contributed by atoms with E-state index in [4.69, 9.17) is 9.47 Å². The number of para-hydroxylation sites is 2. The summed E-state index contributed by atoms with van der Waals surface area (Å²) >= 11 is 0. The zero-order valence-electron chi connectivity index (χ0n) is 13.8. The number of benzene rings is 3. The van der Waals surface area contributed by atoms with Gasteiger partial charge in [0.1, 0.15) is 16.5 Å². The van der Waals surface area contributed by atoms with Crippen LogP contribution in [0.25, 0.3) is 0 Å². The molecule has 3 aromatic carbocycles. The molecule has 0 spiro atoms. The number of carbonyl (C=O) groups excluding carboxylic acids is 1. The molecule has 0 radical (unpaired) electrons. The van der Waals surface area contributed by atoms with Crippen LogP contribution in [0.3, 0.4) is 0 Å². The van der Waals surface area contributed by atoms with Gasteiger partial charge in [-0.05, 0) is 43.3 Å². The lowest BCUT2D eigenvalue weighted by molar-refractivity contribution is 0.0522. The summed E-state index contributed by atoms with van der Waals surface area (Å²) in [7, 11) is -0.419. The Balaban J connectivity index is 1.93. The Kier molecular flexibility index (Phi) is 4.20. The van der Waals surface area contributed by atoms with Gasteiger partial charge in [-0.15, -0.1) is 0 Å². The summed E-state index contributed by atoms with van der Waals surface area (Å²) in [5, 5.41) is 0.